The zero-order valence-corrected chi connectivity index (χ0v) is 10.0. The van der Waals surface area contributed by atoms with Crippen LogP contribution in [0.5, 0.6) is 0 Å². The predicted molar refractivity (Wildman–Crippen MR) is 66.9 cm³/mol. The Kier molecular flexibility index (Phi) is 3.89. The van der Waals surface area contributed by atoms with Gasteiger partial charge in [0, 0.05) is 0 Å². The lowest BCUT2D eigenvalue weighted by Crippen LogP contribution is -2.37. The number of hydrogen-bond acceptors (Lipinski definition) is 3. The van der Waals surface area contributed by atoms with Gasteiger partial charge in [-0.1, -0.05) is 12.1 Å². The van der Waals surface area contributed by atoms with Gasteiger partial charge >= 0.3 is 5.97 Å². The van der Waals surface area contributed by atoms with E-state index < -0.39 is 17.8 Å². The number of carbonyl (C=O) groups is 1. The molecule has 0 aromatic heterocycles. The van der Waals surface area contributed by atoms with E-state index in [-0.39, 0.29) is 11.6 Å². The highest BCUT2D eigenvalue weighted by molar-refractivity contribution is 7.99. The fourth-order valence-corrected chi connectivity index (χ4v) is 3.24. The molecule has 2 rings (SSSR count). The molecule has 1 saturated heterocycles. The van der Waals surface area contributed by atoms with Crippen LogP contribution in [0.1, 0.15) is 6.42 Å². The van der Waals surface area contributed by atoms with Gasteiger partial charge in [-0.15, -0.1) is 0 Å². The summed E-state index contributed by atoms with van der Waals surface area (Å²) in [5.74, 6) is 0.536. The first kappa shape index (κ1) is 12.2. The van der Waals surface area contributed by atoms with Gasteiger partial charge in [-0.05, 0) is 36.0 Å². The second kappa shape index (κ2) is 5.40. The van der Waals surface area contributed by atoms with Gasteiger partial charge in [0.25, 0.3) is 0 Å². The Morgan fingerprint density at radius 3 is 2.88 bits per heavy atom. The topological polar surface area (TPSA) is 49.3 Å². The molecule has 1 aliphatic rings. The van der Waals surface area contributed by atoms with E-state index in [1.165, 1.54) is 6.07 Å². The van der Waals surface area contributed by atoms with E-state index >= 15 is 0 Å². The van der Waals surface area contributed by atoms with Crippen molar-refractivity contribution in [3.8, 4) is 0 Å². The van der Waals surface area contributed by atoms with Gasteiger partial charge in [0.1, 0.15) is 11.9 Å². The van der Waals surface area contributed by atoms with Gasteiger partial charge in [0.2, 0.25) is 0 Å². The number of anilines is 1. The second-order valence-electron chi connectivity index (χ2n) is 4.06. The standard InChI is InChI=1S/C12H14FNO2S/c13-9-3-1-2-4-10(9)14-11(12(15)16)8-5-6-17-7-8/h1-4,8,11,14H,5-7H2,(H,15,16). The van der Waals surface area contributed by atoms with Crippen LogP contribution in [-0.2, 0) is 4.79 Å². The third-order valence-electron chi connectivity index (χ3n) is 2.89. The largest absolute Gasteiger partial charge is 0.480 e. The molecular formula is C12H14FNO2S. The van der Waals surface area contributed by atoms with Crippen molar-refractivity contribution in [2.24, 2.45) is 5.92 Å². The number of carboxylic acids is 1. The number of halogens is 1. The van der Waals surface area contributed by atoms with E-state index in [1.54, 1.807) is 30.0 Å². The first-order valence-electron chi connectivity index (χ1n) is 5.50. The summed E-state index contributed by atoms with van der Waals surface area (Å²) in [7, 11) is 0. The molecule has 0 aliphatic carbocycles. The first-order chi connectivity index (χ1) is 8.18. The SMILES string of the molecule is O=C(O)C(Nc1ccccc1F)C1CCSC1. The van der Waals surface area contributed by atoms with Crippen molar-refractivity contribution in [3.05, 3.63) is 30.1 Å². The minimum Gasteiger partial charge on any atom is -0.480 e. The van der Waals surface area contributed by atoms with E-state index in [0.29, 0.717) is 0 Å². The number of benzene rings is 1. The van der Waals surface area contributed by atoms with Gasteiger partial charge in [-0.3, -0.25) is 0 Å². The second-order valence-corrected chi connectivity index (χ2v) is 5.21. The highest BCUT2D eigenvalue weighted by atomic mass is 32.2. The average molecular weight is 255 g/mol. The maximum atomic E-state index is 13.4. The van der Waals surface area contributed by atoms with Gasteiger partial charge in [-0.25, -0.2) is 9.18 Å². The van der Waals surface area contributed by atoms with E-state index in [4.69, 9.17) is 0 Å². The van der Waals surface area contributed by atoms with Crippen LogP contribution in [0.2, 0.25) is 0 Å². The maximum Gasteiger partial charge on any atom is 0.326 e. The minimum atomic E-state index is -0.916. The van der Waals surface area contributed by atoms with Crippen LogP contribution in [0.15, 0.2) is 24.3 Å². The van der Waals surface area contributed by atoms with Crippen LogP contribution in [0.3, 0.4) is 0 Å². The molecule has 1 fully saturated rings. The quantitative estimate of drug-likeness (QED) is 0.867. The Morgan fingerprint density at radius 1 is 1.53 bits per heavy atom. The van der Waals surface area contributed by atoms with Gasteiger partial charge in [0.15, 0.2) is 0 Å². The average Bonchev–Trinajstić information content (AvgIpc) is 2.81. The Morgan fingerprint density at radius 2 is 2.29 bits per heavy atom. The number of carboxylic acid groups (broad SMARTS) is 1. The fourth-order valence-electron chi connectivity index (χ4n) is 1.94. The van der Waals surface area contributed by atoms with E-state index in [9.17, 15) is 14.3 Å². The van der Waals surface area contributed by atoms with Crippen LogP contribution in [0.4, 0.5) is 10.1 Å². The molecule has 1 aliphatic heterocycles. The minimum absolute atomic E-state index is 0.0668. The zero-order chi connectivity index (χ0) is 12.3. The lowest BCUT2D eigenvalue weighted by atomic mass is 9.99. The third-order valence-corrected chi connectivity index (χ3v) is 4.08. The molecule has 0 bridgehead atoms. The number of hydrogen-bond donors (Lipinski definition) is 2. The van der Waals surface area contributed by atoms with Crippen molar-refractivity contribution in [1.29, 1.82) is 0 Å². The molecule has 0 spiro atoms. The van der Waals surface area contributed by atoms with Crippen molar-refractivity contribution < 1.29 is 14.3 Å². The monoisotopic (exact) mass is 255 g/mol. The molecule has 0 saturated carbocycles. The molecular weight excluding hydrogens is 241 g/mol. The molecule has 2 atom stereocenters. The molecule has 1 aromatic carbocycles. The third kappa shape index (κ3) is 2.91. The molecule has 92 valence electrons. The summed E-state index contributed by atoms with van der Waals surface area (Å²) in [6.07, 6.45) is 0.864. The maximum absolute atomic E-state index is 13.4. The van der Waals surface area contributed by atoms with E-state index in [1.807, 2.05) is 0 Å². The van der Waals surface area contributed by atoms with Gasteiger partial charge < -0.3 is 10.4 Å². The van der Waals surface area contributed by atoms with Crippen LogP contribution in [-0.4, -0.2) is 28.6 Å². The Labute approximate surface area is 103 Å². The number of rotatable bonds is 4. The molecule has 2 unspecified atom stereocenters. The van der Waals surface area contributed by atoms with Crippen molar-refractivity contribution in [3.63, 3.8) is 0 Å². The molecule has 3 nitrogen and oxygen atoms in total. The molecule has 1 aromatic rings. The number of nitrogens with one attached hydrogen (secondary N) is 1. The fraction of sp³-hybridized carbons (Fsp3) is 0.417. The summed E-state index contributed by atoms with van der Waals surface area (Å²) >= 11 is 1.75. The van der Waals surface area contributed by atoms with Crippen LogP contribution >= 0.6 is 11.8 Å². The Balaban J connectivity index is 2.12. The Bertz CT molecular complexity index is 407. The zero-order valence-electron chi connectivity index (χ0n) is 9.23. The highest BCUT2D eigenvalue weighted by Gasteiger charge is 2.31. The van der Waals surface area contributed by atoms with Crippen molar-refractivity contribution in [2.75, 3.05) is 16.8 Å². The summed E-state index contributed by atoms with van der Waals surface area (Å²) in [4.78, 5) is 11.2. The van der Waals surface area contributed by atoms with Crippen LogP contribution in [0, 0.1) is 11.7 Å². The first-order valence-corrected chi connectivity index (χ1v) is 6.65. The van der Waals surface area contributed by atoms with Crippen LogP contribution in [0.25, 0.3) is 0 Å². The summed E-state index contributed by atoms with van der Waals surface area (Å²) in [6, 6.07) is 5.45. The molecule has 2 N–H and O–H groups in total. The summed E-state index contributed by atoms with van der Waals surface area (Å²) in [5.41, 5.74) is 0.261. The lowest BCUT2D eigenvalue weighted by molar-refractivity contribution is -0.138. The molecule has 1 heterocycles. The summed E-state index contributed by atoms with van der Waals surface area (Å²) < 4.78 is 13.4. The smallest absolute Gasteiger partial charge is 0.326 e. The van der Waals surface area contributed by atoms with E-state index in [0.717, 1.165) is 17.9 Å². The molecule has 0 amide bonds. The van der Waals surface area contributed by atoms with Crippen LogP contribution < -0.4 is 5.32 Å². The predicted octanol–water partition coefficient (Wildman–Crippen LogP) is 2.44. The Hall–Kier alpha value is -1.23. The van der Waals surface area contributed by atoms with E-state index in [2.05, 4.69) is 5.32 Å². The number of para-hydroxylation sites is 1. The van der Waals surface area contributed by atoms with Gasteiger partial charge in [-0.2, -0.15) is 11.8 Å². The van der Waals surface area contributed by atoms with Crippen molar-refractivity contribution in [1.82, 2.24) is 0 Å². The van der Waals surface area contributed by atoms with Gasteiger partial charge in [0.05, 0.1) is 5.69 Å². The number of thioether (sulfide) groups is 1. The molecule has 0 radical (unpaired) electrons. The van der Waals surface area contributed by atoms with Crippen molar-refractivity contribution in [2.45, 2.75) is 12.5 Å². The van der Waals surface area contributed by atoms with Crippen molar-refractivity contribution >= 4 is 23.4 Å². The lowest BCUT2D eigenvalue weighted by Gasteiger charge is -2.21. The summed E-state index contributed by atoms with van der Waals surface area (Å²) in [6.45, 7) is 0. The number of aliphatic carboxylic acids is 1. The summed E-state index contributed by atoms with van der Waals surface area (Å²) in [5, 5.41) is 12.0. The molecule has 17 heavy (non-hydrogen) atoms. The highest BCUT2D eigenvalue weighted by Crippen LogP contribution is 2.28. The molecule has 5 heteroatoms. The normalized spacial score (nSPS) is 21.1.